The highest BCUT2D eigenvalue weighted by Gasteiger charge is 2.30. The molecule has 1 aromatic rings. The molecule has 1 N–H and O–H groups in total. The van der Waals surface area contributed by atoms with Gasteiger partial charge in [-0.1, -0.05) is 32.9 Å². The Kier molecular flexibility index (Phi) is 5.86. The fraction of sp³-hybridized carbons (Fsp3) is 0.562. The standard InChI is InChI=1S/C16H24O4/c1-5-19-13-8-6-7-9-14(13)20-11-10-12(15(17)18)16(2,3)4/h6-9,12H,5,10-11H2,1-4H3,(H,17,18). The van der Waals surface area contributed by atoms with Crippen molar-refractivity contribution >= 4 is 5.97 Å². The van der Waals surface area contributed by atoms with Crippen LogP contribution in [0.15, 0.2) is 24.3 Å². The average molecular weight is 280 g/mol. The molecule has 4 nitrogen and oxygen atoms in total. The Bertz CT molecular complexity index is 434. The number of aliphatic carboxylic acids is 1. The van der Waals surface area contributed by atoms with Gasteiger partial charge >= 0.3 is 5.97 Å². The van der Waals surface area contributed by atoms with E-state index < -0.39 is 11.9 Å². The molecule has 20 heavy (non-hydrogen) atoms. The molecule has 1 rings (SSSR count). The number of carboxylic acids is 1. The van der Waals surface area contributed by atoms with E-state index in [0.29, 0.717) is 31.1 Å². The predicted molar refractivity (Wildman–Crippen MR) is 78.3 cm³/mol. The number of hydrogen-bond donors (Lipinski definition) is 1. The van der Waals surface area contributed by atoms with Crippen molar-refractivity contribution in [2.75, 3.05) is 13.2 Å². The molecular formula is C16H24O4. The SMILES string of the molecule is CCOc1ccccc1OCCC(C(=O)O)C(C)(C)C. The molecule has 4 heteroatoms. The van der Waals surface area contributed by atoms with Crippen LogP contribution in [0.2, 0.25) is 0 Å². The highest BCUT2D eigenvalue weighted by molar-refractivity contribution is 5.70. The van der Waals surface area contributed by atoms with Gasteiger partial charge in [0.2, 0.25) is 0 Å². The second-order valence-corrected chi connectivity index (χ2v) is 5.77. The third kappa shape index (κ3) is 4.76. The molecule has 0 saturated carbocycles. The van der Waals surface area contributed by atoms with Gasteiger partial charge in [-0.25, -0.2) is 0 Å². The van der Waals surface area contributed by atoms with Gasteiger partial charge in [0.25, 0.3) is 0 Å². The minimum absolute atomic E-state index is 0.283. The van der Waals surface area contributed by atoms with Gasteiger partial charge in [-0.2, -0.15) is 0 Å². The highest BCUT2D eigenvalue weighted by Crippen LogP contribution is 2.30. The molecule has 0 aliphatic carbocycles. The fourth-order valence-electron chi connectivity index (χ4n) is 2.06. The quantitative estimate of drug-likeness (QED) is 0.829. The largest absolute Gasteiger partial charge is 0.490 e. The first-order chi connectivity index (χ1) is 9.36. The molecule has 0 saturated heterocycles. The van der Waals surface area contributed by atoms with Crippen LogP contribution in [0.4, 0.5) is 0 Å². The van der Waals surface area contributed by atoms with E-state index in [0.717, 1.165) is 0 Å². The van der Waals surface area contributed by atoms with E-state index in [1.807, 2.05) is 52.0 Å². The Balaban J connectivity index is 2.61. The normalized spacial score (nSPS) is 12.8. The molecule has 0 aliphatic heterocycles. The Hall–Kier alpha value is -1.71. The zero-order chi connectivity index (χ0) is 15.2. The summed E-state index contributed by atoms with van der Waals surface area (Å²) in [5.74, 6) is 0.144. The molecule has 112 valence electrons. The van der Waals surface area contributed by atoms with Crippen molar-refractivity contribution in [3.63, 3.8) is 0 Å². The van der Waals surface area contributed by atoms with E-state index in [2.05, 4.69) is 0 Å². The third-order valence-electron chi connectivity index (χ3n) is 3.16. The Morgan fingerprint density at radius 1 is 1.20 bits per heavy atom. The summed E-state index contributed by atoms with van der Waals surface area (Å²) in [6.07, 6.45) is 0.472. The van der Waals surface area contributed by atoms with Gasteiger partial charge < -0.3 is 14.6 Å². The van der Waals surface area contributed by atoms with E-state index in [-0.39, 0.29) is 5.41 Å². The van der Waals surface area contributed by atoms with Gasteiger partial charge in [-0.15, -0.1) is 0 Å². The van der Waals surface area contributed by atoms with Crippen LogP contribution >= 0.6 is 0 Å². The third-order valence-corrected chi connectivity index (χ3v) is 3.16. The van der Waals surface area contributed by atoms with Crippen LogP contribution in [-0.2, 0) is 4.79 Å². The average Bonchev–Trinajstić information content (AvgIpc) is 2.34. The summed E-state index contributed by atoms with van der Waals surface area (Å²) in [5, 5.41) is 9.26. The predicted octanol–water partition coefficient (Wildman–Crippen LogP) is 3.60. The zero-order valence-electron chi connectivity index (χ0n) is 12.7. The first kappa shape index (κ1) is 16.3. The summed E-state index contributed by atoms with van der Waals surface area (Å²) in [7, 11) is 0. The van der Waals surface area contributed by atoms with E-state index in [1.165, 1.54) is 0 Å². The van der Waals surface area contributed by atoms with Crippen molar-refractivity contribution in [1.29, 1.82) is 0 Å². The Morgan fingerprint density at radius 2 is 1.75 bits per heavy atom. The summed E-state index contributed by atoms with van der Waals surface area (Å²) in [6.45, 7) is 8.63. The lowest BCUT2D eigenvalue weighted by Crippen LogP contribution is -2.30. The minimum atomic E-state index is -0.779. The highest BCUT2D eigenvalue weighted by atomic mass is 16.5. The molecule has 1 atom stereocenters. The molecule has 0 aliphatic rings. The number of carboxylic acid groups (broad SMARTS) is 1. The van der Waals surface area contributed by atoms with Crippen molar-refractivity contribution < 1.29 is 19.4 Å². The molecule has 0 spiro atoms. The van der Waals surface area contributed by atoms with E-state index in [4.69, 9.17) is 9.47 Å². The van der Waals surface area contributed by atoms with Crippen molar-refractivity contribution in [1.82, 2.24) is 0 Å². The van der Waals surface area contributed by atoms with Crippen molar-refractivity contribution in [3.05, 3.63) is 24.3 Å². The molecule has 0 fully saturated rings. The second-order valence-electron chi connectivity index (χ2n) is 5.77. The van der Waals surface area contributed by atoms with Crippen molar-refractivity contribution in [3.8, 4) is 11.5 Å². The molecule has 0 aromatic heterocycles. The Labute approximate surface area is 120 Å². The number of rotatable bonds is 7. The monoisotopic (exact) mass is 280 g/mol. The lowest BCUT2D eigenvalue weighted by Gasteiger charge is -2.27. The number of carbonyl (C=O) groups is 1. The van der Waals surface area contributed by atoms with Gasteiger partial charge in [-0.05, 0) is 30.9 Å². The summed E-state index contributed by atoms with van der Waals surface area (Å²) < 4.78 is 11.1. The summed E-state index contributed by atoms with van der Waals surface area (Å²) in [6, 6.07) is 7.43. The van der Waals surface area contributed by atoms with E-state index in [9.17, 15) is 9.90 Å². The van der Waals surface area contributed by atoms with E-state index >= 15 is 0 Å². The lowest BCUT2D eigenvalue weighted by atomic mass is 9.79. The fourth-order valence-corrected chi connectivity index (χ4v) is 2.06. The van der Waals surface area contributed by atoms with Crippen LogP contribution in [0.25, 0.3) is 0 Å². The summed E-state index contributed by atoms with van der Waals surface area (Å²) in [4.78, 5) is 11.3. The van der Waals surface area contributed by atoms with Gasteiger partial charge in [0.15, 0.2) is 11.5 Å². The van der Waals surface area contributed by atoms with Gasteiger partial charge in [0.05, 0.1) is 19.1 Å². The van der Waals surface area contributed by atoms with Crippen LogP contribution in [-0.4, -0.2) is 24.3 Å². The van der Waals surface area contributed by atoms with Crippen LogP contribution in [0.1, 0.15) is 34.1 Å². The summed E-state index contributed by atoms with van der Waals surface area (Å²) in [5.41, 5.74) is -0.283. The first-order valence-corrected chi connectivity index (χ1v) is 6.93. The molecule has 1 unspecified atom stereocenters. The number of benzene rings is 1. The van der Waals surface area contributed by atoms with Crippen LogP contribution < -0.4 is 9.47 Å². The molecular weight excluding hydrogens is 256 g/mol. The number of para-hydroxylation sites is 2. The van der Waals surface area contributed by atoms with Gasteiger partial charge in [0, 0.05) is 0 Å². The van der Waals surface area contributed by atoms with Crippen molar-refractivity contribution in [2.24, 2.45) is 11.3 Å². The maximum absolute atomic E-state index is 11.3. The molecule has 0 heterocycles. The molecule has 0 amide bonds. The smallest absolute Gasteiger partial charge is 0.307 e. The Morgan fingerprint density at radius 3 is 2.20 bits per heavy atom. The topological polar surface area (TPSA) is 55.8 Å². The lowest BCUT2D eigenvalue weighted by molar-refractivity contribution is -0.146. The van der Waals surface area contributed by atoms with Crippen molar-refractivity contribution in [2.45, 2.75) is 34.1 Å². The number of ether oxygens (including phenoxy) is 2. The molecule has 0 radical (unpaired) electrons. The maximum atomic E-state index is 11.3. The number of hydrogen-bond acceptors (Lipinski definition) is 3. The molecule has 1 aromatic carbocycles. The molecule has 0 bridgehead atoms. The van der Waals surface area contributed by atoms with Gasteiger partial charge in [0.1, 0.15) is 0 Å². The second kappa shape index (κ2) is 7.17. The van der Waals surface area contributed by atoms with E-state index in [1.54, 1.807) is 0 Å². The van der Waals surface area contributed by atoms with Gasteiger partial charge in [-0.3, -0.25) is 4.79 Å². The zero-order valence-corrected chi connectivity index (χ0v) is 12.7. The summed E-state index contributed by atoms with van der Waals surface area (Å²) >= 11 is 0. The first-order valence-electron chi connectivity index (χ1n) is 6.93. The van der Waals surface area contributed by atoms with Crippen LogP contribution in [0.3, 0.4) is 0 Å². The maximum Gasteiger partial charge on any atom is 0.307 e. The van der Waals surface area contributed by atoms with Crippen LogP contribution in [0, 0.1) is 11.3 Å². The minimum Gasteiger partial charge on any atom is -0.490 e. The van der Waals surface area contributed by atoms with Crippen LogP contribution in [0.5, 0.6) is 11.5 Å².